The van der Waals surface area contributed by atoms with Crippen LogP contribution in [-0.4, -0.2) is 41.9 Å². The summed E-state index contributed by atoms with van der Waals surface area (Å²) >= 11 is 0. The molecular weight excluding hydrogens is 351 g/mol. The first-order valence-corrected chi connectivity index (χ1v) is 8.42. The molecule has 0 spiro atoms. The van der Waals surface area contributed by atoms with Crippen LogP contribution in [0.15, 0.2) is 30.3 Å². The minimum absolute atomic E-state index is 0.0258. The number of aliphatic carboxylic acids is 1. The van der Waals surface area contributed by atoms with Gasteiger partial charge in [0.05, 0.1) is 5.92 Å². The van der Waals surface area contributed by atoms with E-state index in [1.165, 1.54) is 0 Å². The van der Waals surface area contributed by atoms with Gasteiger partial charge in [-0.3, -0.25) is 4.79 Å². The first kappa shape index (κ1) is 22.0. The fourth-order valence-corrected chi connectivity index (χ4v) is 2.37. The third-order valence-electron chi connectivity index (χ3n) is 3.88. The van der Waals surface area contributed by atoms with Crippen molar-refractivity contribution in [2.45, 2.75) is 51.4 Å². The average Bonchev–Trinajstić information content (AvgIpc) is 2.57. The van der Waals surface area contributed by atoms with Crippen molar-refractivity contribution in [2.24, 2.45) is 5.92 Å². The molecule has 0 radical (unpaired) electrons. The van der Waals surface area contributed by atoms with Gasteiger partial charge in [0.15, 0.2) is 6.10 Å². The minimum atomic E-state index is -4.72. The summed E-state index contributed by atoms with van der Waals surface area (Å²) in [6.07, 6.45) is -5.93. The van der Waals surface area contributed by atoms with E-state index in [-0.39, 0.29) is 13.0 Å². The minimum Gasteiger partial charge on any atom is -0.480 e. The molecule has 146 valence electrons. The van der Waals surface area contributed by atoms with E-state index in [0.717, 1.165) is 6.92 Å². The van der Waals surface area contributed by atoms with Crippen LogP contribution in [0.4, 0.5) is 13.2 Å². The predicted octanol–water partition coefficient (Wildman–Crippen LogP) is 3.18. The van der Waals surface area contributed by atoms with E-state index in [2.05, 4.69) is 5.32 Å². The first-order valence-electron chi connectivity index (χ1n) is 8.42. The van der Waals surface area contributed by atoms with Gasteiger partial charge < -0.3 is 15.2 Å². The summed E-state index contributed by atoms with van der Waals surface area (Å²) in [6.45, 7) is 2.77. The fourth-order valence-electron chi connectivity index (χ4n) is 2.37. The Labute approximate surface area is 150 Å². The van der Waals surface area contributed by atoms with Gasteiger partial charge in [0, 0.05) is 13.0 Å². The molecule has 0 bridgehead atoms. The molecule has 3 atom stereocenters. The Morgan fingerprint density at radius 2 is 1.85 bits per heavy atom. The lowest BCUT2D eigenvalue weighted by atomic mass is 10.0. The van der Waals surface area contributed by atoms with Crippen LogP contribution in [0.2, 0.25) is 0 Å². The van der Waals surface area contributed by atoms with Crippen LogP contribution in [0.1, 0.15) is 32.3 Å². The van der Waals surface area contributed by atoms with Gasteiger partial charge in [-0.1, -0.05) is 50.6 Å². The number of amides is 1. The number of unbranched alkanes of at least 4 members (excludes halogenated alkanes) is 1. The molecule has 0 aliphatic heterocycles. The lowest BCUT2D eigenvalue weighted by Gasteiger charge is -2.27. The Balaban J connectivity index is 2.80. The molecule has 2 unspecified atom stereocenters. The molecule has 0 saturated carbocycles. The monoisotopic (exact) mass is 375 g/mol. The molecule has 5 nitrogen and oxygen atoms in total. The van der Waals surface area contributed by atoms with Crippen LogP contribution < -0.4 is 5.32 Å². The number of nitrogens with one attached hydrogen (secondary N) is 1. The van der Waals surface area contributed by atoms with Crippen LogP contribution in [0.25, 0.3) is 0 Å². The first-order chi connectivity index (χ1) is 12.2. The number of carboxylic acid groups (broad SMARTS) is 1. The largest absolute Gasteiger partial charge is 0.480 e. The van der Waals surface area contributed by atoms with Crippen molar-refractivity contribution in [3.8, 4) is 0 Å². The molecule has 8 heteroatoms. The van der Waals surface area contributed by atoms with Gasteiger partial charge in [-0.05, 0) is 12.0 Å². The molecule has 0 heterocycles. The van der Waals surface area contributed by atoms with Crippen molar-refractivity contribution < 1.29 is 32.6 Å². The topological polar surface area (TPSA) is 75.6 Å². The zero-order valence-corrected chi connectivity index (χ0v) is 14.8. The number of rotatable bonds is 10. The fraction of sp³-hybridized carbons (Fsp3) is 0.556. The Morgan fingerprint density at radius 1 is 1.23 bits per heavy atom. The maximum Gasteiger partial charge on any atom is 0.415 e. The zero-order valence-electron chi connectivity index (χ0n) is 14.8. The number of hydrogen-bond acceptors (Lipinski definition) is 3. The van der Waals surface area contributed by atoms with E-state index >= 15 is 0 Å². The highest BCUT2D eigenvalue weighted by Gasteiger charge is 2.47. The van der Waals surface area contributed by atoms with Crippen LogP contribution in [0.3, 0.4) is 0 Å². The summed E-state index contributed by atoms with van der Waals surface area (Å²) in [4.78, 5) is 23.6. The summed E-state index contributed by atoms with van der Waals surface area (Å²) in [7, 11) is 0. The lowest BCUT2D eigenvalue weighted by molar-refractivity contribution is -0.234. The maximum atomic E-state index is 13.2. The van der Waals surface area contributed by atoms with Crippen molar-refractivity contribution in [3.63, 3.8) is 0 Å². The molecule has 1 rings (SSSR count). The number of hydrogen-bond donors (Lipinski definition) is 2. The third-order valence-corrected chi connectivity index (χ3v) is 3.88. The van der Waals surface area contributed by atoms with E-state index in [1.807, 2.05) is 6.92 Å². The van der Waals surface area contributed by atoms with Crippen LogP contribution >= 0.6 is 0 Å². The lowest BCUT2D eigenvalue weighted by Crippen LogP contribution is -2.50. The molecule has 0 aliphatic rings. The number of carboxylic acids is 1. The summed E-state index contributed by atoms with van der Waals surface area (Å²) in [6, 6.07) is 7.20. The van der Waals surface area contributed by atoms with Crippen molar-refractivity contribution in [3.05, 3.63) is 35.9 Å². The van der Waals surface area contributed by atoms with Gasteiger partial charge in [0.2, 0.25) is 5.91 Å². The van der Waals surface area contributed by atoms with E-state index in [4.69, 9.17) is 4.74 Å². The standard InChI is InChI=1S/C18H24F3NO4/c1-3-4-10-26-15(18(19,20)21)12(2)16(23)22-14(17(24)25)11-13-8-6-5-7-9-13/h5-9,12,14-15H,3-4,10-11H2,1-2H3,(H,22,23)(H,24,25)/t12?,14-,15?/m0/s1. The average molecular weight is 375 g/mol. The van der Waals surface area contributed by atoms with Gasteiger partial charge in [-0.15, -0.1) is 0 Å². The number of benzene rings is 1. The zero-order chi connectivity index (χ0) is 19.7. The van der Waals surface area contributed by atoms with Gasteiger partial charge in [-0.25, -0.2) is 4.79 Å². The number of halogens is 3. The second-order valence-corrected chi connectivity index (χ2v) is 6.06. The van der Waals surface area contributed by atoms with E-state index in [0.29, 0.717) is 18.4 Å². The molecule has 0 aromatic heterocycles. The normalized spacial score (nSPS) is 15.1. The van der Waals surface area contributed by atoms with Crippen molar-refractivity contribution in [2.75, 3.05) is 6.61 Å². The quantitative estimate of drug-likeness (QED) is 0.616. The number of alkyl halides is 3. The maximum absolute atomic E-state index is 13.2. The van der Waals surface area contributed by atoms with E-state index in [9.17, 15) is 27.9 Å². The SMILES string of the molecule is CCCCOC(C(C)C(=O)N[C@@H](Cc1ccccc1)C(=O)O)C(F)(F)F. The molecule has 1 aromatic rings. The predicted molar refractivity (Wildman–Crippen MR) is 89.6 cm³/mol. The van der Waals surface area contributed by atoms with Crippen molar-refractivity contribution in [1.82, 2.24) is 5.32 Å². The summed E-state index contributed by atoms with van der Waals surface area (Å²) in [5.41, 5.74) is 0.652. The second kappa shape index (κ2) is 10.2. The highest BCUT2D eigenvalue weighted by molar-refractivity contribution is 5.85. The van der Waals surface area contributed by atoms with Crippen LogP contribution in [-0.2, 0) is 20.7 Å². The molecular formula is C18H24F3NO4. The summed E-state index contributed by atoms with van der Waals surface area (Å²) in [5.74, 6) is -3.89. The number of carbonyl (C=O) groups is 2. The van der Waals surface area contributed by atoms with Gasteiger partial charge in [-0.2, -0.15) is 13.2 Å². The van der Waals surface area contributed by atoms with Gasteiger partial charge >= 0.3 is 12.1 Å². The van der Waals surface area contributed by atoms with Crippen LogP contribution in [0.5, 0.6) is 0 Å². The Kier molecular flexibility index (Phi) is 8.57. The Bertz CT molecular complexity index is 578. The third kappa shape index (κ3) is 7.03. The Hall–Kier alpha value is -2.09. The van der Waals surface area contributed by atoms with Crippen molar-refractivity contribution in [1.29, 1.82) is 0 Å². The van der Waals surface area contributed by atoms with Crippen molar-refractivity contribution >= 4 is 11.9 Å². The molecule has 2 N–H and O–H groups in total. The van der Waals surface area contributed by atoms with E-state index < -0.39 is 36.1 Å². The summed E-state index contributed by atoms with van der Waals surface area (Å²) in [5, 5.41) is 11.5. The molecule has 0 saturated heterocycles. The molecule has 1 aromatic carbocycles. The summed E-state index contributed by atoms with van der Waals surface area (Å²) < 4.78 is 44.4. The van der Waals surface area contributed by atoms with Gasteiger partial charge in [0.1, 0.15) is 6.04 Å². The molecule has 1 amide bonds. The number of carbonyl (C=O) groups excluding carboxylic acids is 1. The van der Waals surface area contributed by atoms with E-state index in [1.54, 1.807) is 30.3 Å². The van der Waals surface area contributed by atoms with Crippen LogP contribution in [0, 0.1) is 5.92 Å². The molecule has 0 aliphatic carbocycles. The Morgan fingerprint density at radius 3 is 2.35 bits per heavy atom. The number of ether oxygens (including phenoxy) is 1. The molecule has 26 heavy (non-hydrogen) atoms. The highest BCUT2D eigenvalue weighted by Crippen LogP contribution is 2.29. The smallest absolute Gasteiger partial charge is 0.415 e. The molecule has 0 fully saturated rings. The van der Waals surface area contributed by atoms with Gasteiger partial charge in [0.25, 0.3) is 0 Å². The second-order valence-electron chi connectivity index (χ2n) is 6.06. The highest BCUT2D eigenvalue weighted by atomic mass is 19.4.